The summed E-state index contributed by atoms with van der Waals surface area (Å²) < 4.78 is 37.9. The smallest absolute Gasteiger partial charge is 0.175 e. The summed E-state index contributed by atoms with van der Waals surface area (Å²) in [6.07, 6.45) is 1.84. The molecule has 4 rings (SSSR count). The molecule has 1 aliphatic heterocycles. The minimum atomic E-state index is -3.47. The van der Waals surface area contributed by atoms with Crippen LogP contribution in [0.25, 0.3) is 0 Å². The number of aromatic nitrogens is 2. The van der Waals surface area contributed by atoms with Crippen molar-refractivity contribution in [2.45, 2.75) is 31.3 Å². The van der Waals surface area contributed by atoms with Gasteiger partial charge in [-0.25, -0.2) is 22.8 Å². The normalized spacial score (nSPS) is 14.4. The fourth-order valence-electron chi connectivity index (χ4n) is 3.63. The monoisotopic (exact) mass is 426 g/mol. The second-order valence-electron chi connectivity index (χ2n) is 7.53. The molecule has 1 aliphatic rings. The first-order valence-electron chi connectivity index (χ1n) is 9.69. The zero-order valence-electron chi connectivity index (χ0n) is 16.9. The average Bonchev–Trinajstić information content (AvgIpc) is 2.70. The number of hydrogen-bond acceptors (Lipinski definition) is 6. The summed E-state index contributed by atoms with van der Waals surface area (Å²) in [5, 5.41) is 3.06. The second-order valence-corrected chi connectivity index (χ2v) is 9.55. The van der Waals surface area contributed by atoms with Crippen molar-refractivity contribution < 1.29 is 12.8 Å². The first kappa shape index (κ1) is 20.4. The van der Waals surface area contributed by atoms with Crippen LogP contribution in [0.2, 0.25) is 0 Å². The molecule has 0 saturated heterocycles. The molecule has 0 aliphatic carbocycles. The lowest BCUT2D eigenvalue weighted by molar-refractivity contribution is 0.243. The lowest BCUT2D eigenvalue weighted by Crippen LogP contribution is -2.31. The Morgan fingerprint density at radius 3 is 2.60 bits per heavy atom. The number of anilines is 2. The molecule has 0 spiro atoms. The zero-order chi connectivity index (χ0) is 21.3. The van der Waals surface area contributed by atoms with Gasteiger partial charge in [-0.3, -0.25) is 4.90 Å². The molecule has 2 heterocycles. The van der Waals surface area contributed by atoms with Gasteiger partial charge in [0.05, 0.1) is 16.3 Å². The Bertz CT molecular complexity index is 1180. The van der Waals surface area contributed by atoms with Crippen molar-refractivity contribution in [2.24, 2.45) is 0 Å². The highest BCUT2D eigenvalue weighted by Gasteiger charge is 2.23. The van der Waals surface area contributed by atoms with Gasteiger partial charge in [0.2, 0.25) is 0 Å². The average molecular weight is 427 g/mol. The van der Waals surface area contributed by atoms with Crippen LogP contribution in [0.4, 0.5) is 15.9 Å². The maximum Gasteiger partial charge on any atom is 0.175 e. The Hall–Kier alpha value is -2.84. The molecule has 8 heteroatoms. The van der Waals surface area contributed by atoms with E-state index in [1.165, 1.54) is 17.7 Å². The third kappa shape index (κ3) is 4.49. The molecule has 0 fully saturated rings. The molecule has 3 aromatic rings. The molecule has 0 bridgehead atoms. The van der Waals surface area contributed by atoms with Gasteiger partial charge in [-0.2, -0.15) is 0 Å². The van der Waals surface area contributed by atoms with E-state index in [9.17, 15) is 12.8 Å². The molecular weight excluding hydrogens is 403 g/mol. The van der Waals surface area contributed by atoms with Crippen LogP contribution in [-0.4, -0.2) is 36.1 Å². The number of fused-ring (bicyclic) bond motifs is 1. The number of rotatable bonds is 5. The summed E-state index contributed by atoms with van der Waals surface area (Å²) in [7, 11) is -3.47. The van der Waals surface area contributed by atoms with Crippen LogP contribution in [-0.2, 0) is 29.3 Å². The van der Waals surface area contributed by atoms with Crippen LogP contribution in [0.3, 0.4) is 0 Å². The van der Waals surface area contributed by atoms with Crippen LogP contribution in [0, 0.1) is 12.7 Å². The second kappa shape index (κ2) is 8.12. The summed E-state index contributed by atoms with van der Waals surface area (Å²) in [5.41, 5.74) is 3.31. The van der Waals surface area contributed by atoms with Gasteiger partial charge in [-0.05, 0) is 30.7 Å². The Morgan fingerprint density at radius 1 is 1.13 bits per heavy atom. The summed E-state index contributed by atoms with van der Waals surface area (Å²) in [6.45, 7) is 4.15. The van der Waals surface area contributed by atoms with Crippen LogP contribution >= 0.6 is 0 Å². The van der Waals surface area contributed by atoms with Crippen molar-refractivity contribution in [3.63, 3.8) is 0 Å². The summed E-state index contributed by atoms with van der Waals surface area (Å²) in [5.74, 6) is 0.530. The van der Waals surface area contributed by atoms with E-state index in [1.54, 1.807) is 0 Å². The number of sulfone groups is 1. The largest absolute Gasteiger partial charge is 0.337 e. The highest BCUT2D eigenvalue weighted by Crippen LogP contribution is 2.29. The predicted molar refractivity (Wildman–Crippen MR) is 114 cm³/mol. The maximum absolute atomic E-state index is 14.6. The van der Waals surface area contributed by atoms with Crippen molar-refractivity contribution in [1.82, 2.24) is 14.9 Å². The van der Waals surface area contributed by atoms with Gasteiger partial charge < -0.3 is 5.32 Å². The zero-order valence-corrected chi connectivity index (χ0v) is 17.7. The number of benzene rings is 2. The van der Waals surface area contributed by atoms with Gasteiger partial charge in [0, 0.05) is 37.9 Å². The minimum absolute atomic E-state index is 0.0551. The van der Waals surface area contributed by atoms with Gasteiger partial charge in [-0.15, -0.1) is 0 Å². The van der Waals surface area contributed by atoms with Gasteiger partial charge in [-0.1, -0.05) is 30.3 Å². The van der Waals surface area contributed by atoms with Gasteiger partial charge >= 0.3 is 0 Å². The number of nitrogens with one attached hydrogen (secondary N) is 1. The SMILES string of the molecule is Cc1nc2c(c(Nc3ccc(S(C)(=O)=O)cc3F)n1)CN(Cc1ccccc1)CC2. The van der Waals surface area contributed by atoms with E-state index in [2.05, 4.69) is 32.3 Å². The van der Waals surface area contributed by atoms with Crippen LogP contribution < -0.4 is 5.32 Å². The first-order chi connectivity index (χ1) is 14.3. The van der Waals surface area contributed by atoms with E-state index in [0.29, 0.717) is 18.2 Å². The lowest BCUT2D eigenvalue weighted by Gasteiger charge is -2.29. The van der Waals surface area contributed by atoms with E-state index in [1.807, 2.05) is 25.1 Å². The van der Waals surface area contributed by atoms with Crippen LogP contribution in [0.1, 0.15) is 22.6 Å². The number of hydrogen-bond donors (Lipinski definition) is 1. The van der Waals surface area contributed by atoms with E-state index in [-0.39, 0.29) is 10.6 Å². The van der Waals surface area contributed by atoms with Crippen molar-refractivity contribution >= 4 is 21.3 Å². The highest BCUT2D eigenvalue weighted by molar-refractivity contribution is 7.90. The van der Waals surface area contributed by atoms with E-state index < -0.39 is 15.7 Å². The molecule has 1 N–H and O–H groups in total. The fraction of sp³-hybridized carbons (Fsp3) is 0.273. The quantitative estimate of drug-likeness (QED) is 0.672. The van der Waals surface area contributed by atoms with Crippen molar-refractivity contribution in [3.05, 3.63) is 77.0 Å². The first-order valence-corrected chi connectivity index (χ1v) is 11.6. The molecule has 156 valence electrons. The number of aryl methyl sites for hydroxylation is 1. The topological polar surface area (TPSA) is 75.2 Å². The number of nitrogens with zero attached hydrogens (tertiary/aromatic N) is 3. The predicted octanol–water partition coefficient (Wildman–Crippen LogP) is 3.63. The fourth-order valence-corrected chi connectivity index (χ4v) is 4.26. The van der Waals surface area contributed by atoms with Crippen LogP contribution in [0.15, 0.2) is 53.4 Å². The van der Waals surface area contributed by atoms with E-state index in [4.69, 9.17) is 0 Å². The Labute approximate surface area is 175 Å². The number of halogens is 1. The summed E-state index contributed by atoms with van der Waals surface area (Å²) in [6, 6.07) is 14.1. The Kier molecular flexibility index (Phi) is 5.53. The third-order valence-electron chi connectivity index (χ3n) is 5.12. The van der Waals surface area contributed by atoms with Gasteiger partial charge in [0.1, 0.15) is 17.5 Å². The molecule has 0 atom stereocenters. The molecule has 0 radical (unpaired) electrons. The molecule has 0 amide bonds. The van der Waals surface area contributed by atoms with E-state index >= 15 is 0 Å². The lowest BCUT2D eigenvalue weighted by atomic mass is 10.0. The van der Waals surface area contributed by atoms with Crippen molar-refractivity contribution in [1.29, 1.82) is 0 Å². The highest BCUT2D eigenvalue weighted by atomic mass is 32.2. The van der Waals surface area contributed by atoms with Gasteiger partial charge in [0.15, 0.2) is 9.84 Å². The van der Waals surface area contributed by atoms with E-state index in [0.717, 1.165) is 43.1 Å². The summed E-state index contributed by atoms with van der Waals surface area (Å²) in [4.78, 5) is 11.3. The third-order valence-corrected chi connectivity index (χ3v) is 6.23. The Morgan fingerprint density at radius 2 is 1.90 bits per heavy atom. The standard InChI is InChI=1S/C22H23FN4O2S/c1-15-24-20-10-11-27(13-16-6-4-3-5-7-16)14-18(20)22(25-15)26-21-9-8-17(12-19(21)23)30(2,28)29/h3-9,12H,10-11,13-14H2,1-2H3,(H,24,25,26). The molecule has 0 saturated carbocycles. The summed E-state index contributed by atoms with van der Waals surface area (Å²) >= 11 is 0. The van der Waals surface area contributed by atoms with Crippen molar-refractivity contribution in [3.8, 4) is 0 Å². The molecule has 0 unspecified atom stereocenters. The Balaban J connectivity index is 1.62. The van der Waals surface area contributed by atoms with Crippen molar-refractivity contribution in [2.75, 3.05) is 18.1 Å². The maximum atomic E-state index is 14.6. The molecule has 2 aromatic carbocycles. The van der Waals surface area contributed by atoms with Crippen LogP contribution in [0.5, 0.6) is 0 Å². The molecule has 6 nitrogen and oxygen atoms in total. The molecule has 1 aromatic heterocycles. The molecular formula is C22H23FN4O2S. The molecule has 30 heavy (non-hydrogen) atoms. The minimum Gasteiger partial charge on any atom is -0.337 e. The van der Waals surface area contributed by atoms with Gasteiger partial charge in [0.25, 0.3) is 0 Å².